The van der Waals surface area contributed by atoms with Gasteiger partial charge in [-0.15, -0.1) is 0 Å². The average molecular weight is 269 g/mol. The van der Waals surface area contributed by atoms with Gasteiger partial charge in [-0.2, -0.15) is 0 Å². The minimum Gasteiger partial charge on any atom is -0.469 e. The first kappa shape index (κ1) is 14.3. The van der Waals surface area contributed by atoms with Crippen molar-refractivity contribution >= 4 is 5.97 Å². The monoisotopic (exact) mass is 269 g/mol. The lowest BCUT2D eigenvalue weighted by molar-refractivity contribution is -0.139. The lowest BCUT2D eigenvalue weighted by atomic mass is 9.98. The van der Waals surface area contributed by atoms with Crippen LogP contribution in [0, 0.1) is 6.92 Å². The number of ether oxygens (including phenoxy) is 1. The molecule has 0 unspecified atom stereocenters. The molecule has 0 atom stereocenters. The molecular formula is C17H19NO2. The van der Waals surface area contributed by atoms with E-state index in [1.54, 1.807) is 0 Å². The van der Waals surface area contributed by atoms with Crippen LogP contribution in [0.15, 0.2) is 36.4 Å². The Kier molecular flexibility index (Phi) is 4.51. The van der Waals surface area contributed by atoms with E-state index < -0.39 is 0 Å². The first-order valence-corrected chi connectivity index (χ1v) is 6.76. The van der Waals surface area contributed by atoms with Crippen LogP contribution in [0.5, 0.6) is 0 Å². The van der Waals surface area contributed by atoms with E-state index in [0.717, 1.165) is 34.5 Å². The fourth-order valence-corrected chi connectivity index (χ4v) is 2.22. The molecule has 0 N–H and O–H groups in total. The van der Waals surface area contributed by atoms with Crippen LogP contribution in [-0.4, -0.2) is 18.1 Å². The van der Waals surface area contributed by atoms with Gasteiger partial charge in [0.2, 0.25) is 0 Å². The van der Waals surface area contributed by atoms with Crippen LogP contribution < -0.4 is 0 Å². The second-order valence-corrected chi connectivity index (χ2v) is 4.75. The number of pyridine rings is 1. The number of nitrogens with zero attached hydrogens (tertiary/aromatic N) is 1. The van der Waals surface area contributed by atoms with Crippen molar-refractivity contribution in [3.8, 4) is 11.3 Å². The molecule has 2 aromatic rings. The predicted octanol–water partition coefficient (Wildman–Crippen LogP) is 3.33. The van der Waals surface area contributed by atoms with E-state index in [4.69, 9.17) is 4.74 Å². The third-order valence-electron chi connectivity index (χ3n) is 3.33. The zero-order valence-corrected chi connectivity index (χ0v) is 12.1. The molecule has 0 spiro atoms. The number of esters is 1. The van der Waals surface area contributed by atoms with Crippen molar-refractivity contribution in [3.05, 3.63) is 53.2 Å². The fourth-order valence-electron chi connectivity index (χ4n) is 2.22. The Bertz CT molecular complexity index is 620. The molecule has 0 saturated carbocycles. The second kappa shape index (κ2) is 6.33. The molecule has 0 aliphatic carbocycles. The van der Waals surface area contributed by atoms with Crippen LogP contribution in [0.1, 0.15) is 23.7 Å². The topological polar surface area (TPSA) is 39.2 Å². The lowest BCUT2D eigenvalue weighted by Gasteiger charge is -2.10. The standard InChI is InChI=1S/C17H19NO2/c1-4-13-10-15(16-7-5-6-12(2)18-16)9-8-14(13)11-17(19)20-3/h5-10H,4,11H2,1-3H3. The quantitative estimate of drug-likeness (QED) is 0.799. The van der Waals surface area contributed by atoms with Crippen molar-refractivity contribution in [2.45, 2.75) is 26.7 Å². The number of methoxy groups -OCH3 is 1. The van der Waals surface area contributed by atoms with E-state index >= 15 is 0 Å². The van der Waals surface area contributed by atoms with Crippen molar-refractivity contribution in [3.63, 3.8) is 0 Å². The number of carbonyl (C=O) groups is 1. The highest BCUT2D eigenvalue weighted by molar-refractivity contribution is 5.73. The maximum absolute atomic E-state index is 11.4. The maximum atomic E-state index is 11.4. The third kappa shape index (κ3) is 3.23. The number of hydrogen-bond acceptors (Lipinski definition) is 3. The Morgan fingerprint density at radius 3 is 2.65 bits per heavy atom. The Morgan fingerprint density at radius 2 is 2.00 bits per heavy atom. The van der Waals surface area contributed by atoms with Crippen molar-refractivity contribution in [2.75, 3.05) is 7.11 Å². The van der Waals surface area contributed by atoms with Crippen molar-refractivity contribution in [1.29, 1.82) is 0 Å². The maximum Gasteiger partial charge on any atom is 0.309 e. The zero-order chi connectivity index (χ0) is 14.5. The molecule has 1 aromatic carbocycles. The average Bonchev–Trinajstić information content (AvgIpc) is 2.47. The molecule has 2 rings (SSSR count). The lowest BCUT2D eigenvalue weighted by Crippen LogP contribution is -2.06. The summed E-state index contributed by atoms with van der Waals surface area (Å²) in [6.45, 7) is 4.07. The Balaban J connectivity index is 2.36. The Labute approximate surface area is 119 Å². The van der Waals surface area contributed by atoms with Crippen molar-refractivity contribution in [1.82, 2.24) is 4.98 Å². The minimum atomic E-state index is -0.207. The highest BCUT2D eigenvalue weighted by Crippen LogP contribution is 2.22. The van der Waals surface area contributed by atoms with Gasteiger partial charge in [0.15, 0.2) is 0 Å². The summed E-state index contributed by atoms with van der Waals surface area (Å²) < 4.78 is 4.73. The van der Waals surface area contributed by atoms with Crippen LogP contribution in [0.3, 0.4) is 0 Å². The normalized spacial score (nSPS) is 10.3. The van der Waals surface area contributed by atoms with Gasteiger partial charge in [0.1, 0.15) is 0 Å². The number of aryl methyl sites for hydroxylation is 2. The van der Waals surface area contributed by atoms with Crippen molar-refractivity contribution < 1.29 is 9.53 Å². The van der Waals surface area contributed by atoms with Gasteiger partial charge in [-0.3, -0.25) is 9.78 Å². The van der Waals surface area contributed by atoms with Crippen LogP contribution in [0.25, 0.3) is 11.3 Å². The van der Waals surface area contributed by atoms with Gasteiger partial charge in [0, 0.05) is 11.3 Å². The van der Waals surface area contributed by atoms with E-state index in [1.807, 2.05) is 37.3 Å². The van der Waals surface area contributed by atoms with Gasteiger partial charge in [-0.1, -0.05) is 25.1 Å². The number of rotatable bonds is 4. The van der Waals surface area contributed by atoms with Crippen LogP contribution >= 0.6 is 0 Å². The Hall–Kier alpha value is -2.16. The van der Waals surface area contributed by atoms with Crippen LogP contribution in [-0.2, 0) is 22.4 Å². The minimum absolute atomic E-state index is 0.207. The zero-order valence-electron chi connectivity index (χ0n) is 12.1. The summed E-state index contributed by atoms with van der Waals surface area (Å²) in [4.78, 5) is 15.9. The fraction of sp³-hybridized carbons (Fsp3) is 0.294. The van der Waals surface area contributed by atoms with Gasteiger partial charge >= 0.3 is 5.97 Å². The molecule has 0 saturated heterocycles. The van der Waals surface area contributed by atoms with E-state index in [9.17, 15) is 4.79 Å². The first-order valence-electron chi connectivity index (χ1n) is 6.76. The van der Waals surface area contributed by atoms with Gasteiger partial charge in [-0.25, -0.2) is 0 Å². The molecule has 3 heteroatoms. The molecule has 3 nitrogen and oxygen atoms in total. The molecule has 0 radical (unpaired) electrons. The third-order valence-corrected chi connectivity index (χ3v) is 3.33. The van der Waals surface area contributed by atoms with Crippen LogP contribution in [0.4, 0.5) is 0 Å². The summed E-state index contributed by atoms with van der Waals surface area (Å²) in [5.41, 5.74) is 5.23. The summed E-state index contributed by atoms with van der Waals surface area (Å²) in [6.07, 6.45) is 1.20. The summed E-state index contributed by atoms with van der Waals surface area (Å²) in [6, 6.07) is 12.1. The molecule has 20 heavy (non-hydrogen) atoms. The number of benzene rings is 1. The molecule has 0 amide bonds. The van der Waals surface area contributed by atoms with Crippen molar-refractivity contribution in [2.24, 2.45) is 0 Å². The van der Waals surface area contributed by atoms with E-state index in [1.165, 1.54) is 7.11 Å². The molecule has 0 bridgehead atoms. The Morgan fingerprint density at radius 1 is 1.20 bits per heavy atom. The van der Waals surface area contributed by atoms with E-state index in [-0.39, 0.29) is 5.97 Å². The van der Waals surface area contributed by atoms with Gasteiger partial charge in [-0.05, 0) is 42.7 Å². The molecule has 0 fully saturated rings. The largest absolute Gasteiger partial charge is 0.469 e. The van der Waals surface area contributed by atoms with Gasteiger partial charge < -0.3 is 4.74 Å². The number of carbonyl (C=O) groups excluding carboxylic acids is 1. The highest BCUT2D eigenvalue weighted by atomic mass is 16.5. The highest BCUT2D eigenvalue weighted by Gasteiger charge is 2.09. The number of aromatic nitrogens is 1. The molecular weight excluding hydrogens is 250 g/mol. The second-order valence-electron chi connectivity index (χ2n) is 4.75. The van der Waals surface area contributed by atoms with Crippen LogP contribution in [0.2, 0.25) is 0 Å². The molecule has 0 aliphatic rings. The summed E-state index contributed by atoms with van der Waals surface area (Å²) in [7, 11) is 1.42. The first-order chi connectivity index (χ1) is 9.63. The summed E-state index contributed by atoms with van der Waals surface area (Å²) in [5.74, 6) is -0.207. The molecule has 1 aromatic heterocycles. The molecule has 1 heterocycles. The molecule has 104 valence electrons. The predicted molar refractivity (Wildman–Crippen MR) is 79.5 cm³/mol. The van der Waals surface area contributed by atoms with Gasteiger partial charge in [0.25, 0.3) is 0 Å². The number of hydrogen-bond donors (Lipinski definition) is 0. The van der Waals surface area contributed by atoms with Gasteiger partial charge in [0.05, 0.1) is 19.2 Å². The van der Waals surface area contributed by atoms with E-state index in [2.05, 4.69) is 18.0 Å². The smallest absolute Gasteiger partial charge is 0.309 e. The summed E-state index contributed by atoms with van der Waals surface area (Å²) in [5, 5.41) is 0. The summed E-state index contributed by atoms with van der Waals surface area (Å²) >= 11 is 0. The SMILES string of the molecule is CCc1cc(-c2cccc(C)n2)ccc1CC(=O)OC. The molecule has 0 aliphatic heterocycles. The van der Waals surface area contributed by atoms with E-state index in [0.29, 0.717) is 6.42 Å².